The normalized spacial score (nSPS) is 10.7. The molecule has 3 nitrogen and oxygen atoms in total. The Hall–Kier alpha value is -1.53. The molecule has 0 spiro atoms. The highest BCUT2D eigenvalue weighted by atomic mass is 79.9. The average Bonchev–Trinajstić information content (AvgIpc) is 2.35. The third-order valence-corrected chi connectivity index (χ3v) is 3.27. The molecule has 1 heterocycles. The number of benzene rings is 1. The van der Waals surface area contributed by atoms with Gasteiger partial charge in [-0.3, -0.25) is 0 Å². The Bertz CT molecular complexity index is 662. The van der Waals surface area contributed by atoms with E-state index in [0.717, 1.165) is 11.6 Å². The molecule has 0 bridgehead atoms. The van der Waals surface area contributed by atoms with Crippen LogP contribution in [0.15, 0.2) is 22.7 Å². The summed E-state index contributed by atoms with van der Waals surface area (Å²) >= 11 is 3.09. The molecule has 0 aliphatic heterocycles. The zero-order valence-corrected chi connectivity index (χ0v) is 12.6. The number of halogens is 3. The lowest BCUT2D eigenvalue weighted by Crippen LogP contribution is -2.06. The maximum Gasteiger partial charge on any atom is 0.224 e. The van der Waals surface area contributed by atoms with Gasteiger partial charge in [-0.2, -0.15) is 4.39 Å². The zero-order valence-electron chi connectivity index (χ0n) is 11.0. The molecule has 0 atom stereocenters. The molecule has 0 saturated carbocycles. The van der Waals surface area contributed by atoms with E-state index >= 15 is 0 Å². The topological polar surface area (TPSA) is 48.1 Å². The lowest BCUT2D eigenvalue weighted by atomic mass is 10.1. The molecule has 0 aliphatic carbocycles. The third kappa shape index (κ3) is 2.96. The predicted molar refractivity (Wildman–Crippen MR) is 75.7 cm³/mol. The summed E-state index contributed by atoms with van der Waals surface area (Å²) in [7, 11) is 0. The molecule has 0 fully saturated rings. The van der Waals surface area contributed by atoms with E-state index in [-0.39, 0.29) is 18.2 Å². The summed E-state index contributed by atoms with van der Waals surface area (Å²) in [4.78, 5) is 4.19. The molecule has 2 rings (SSSR count). The van der Waals surface area contributed by atoms with E-state index < -0.39 is 11.6 Å². The van der Waals surface area contributed by atoms with Gasteiger partial charge in [0.2, 0.25) is 11.7 Å². The number of hydrogen-bond donors (Lipinski definition) is 1. The van der Waals surface area contributed by atoms with Crippen molar-refractivity contribution in [3.8, 4) is 11.6 Å². The SMILES string of the molecule is Cc1cc(C)c(CN)c(Oc2cc(Br)cc(F)c2F)n1. The van der Waals surface area contributed by atoms with E-state index in [1.165, 1.54) is 6.07 Å². The minimum atomic E-state index is -1.06. The minimum Gasteiger partial charge on any atom is -0.435 e. The first-order chi connectivity index (χ1) is 9.42. The zero-order chi connectivity index (χ0) is 14.9. The molecular formula is C14H13BrF2N2O. The van der Waals surface area contributed by atoms with Crippen molar-refractivity contribution in [1.82, 2.24) is 4.98 Å². The van der Waals surface area contributed by atoms with Crippen LogP contribution in [0.3, 0.4) is 0 Å². The monoisotopic (exact) mass is 342 g/mol. The van der Waals surface area contributed by atoms with E-state index in [9.17, 15) is 8.78 Å². The van der Waals surface area contributed by atoms with Gasteiger partial charge in [-0.05, 0) is 37.6 Å². The molecular weight excluding hydrogens is 330 g/mol. The van der Waals surface area contributed by atoms with Gasteiger partial charge in [-0.1, -0.05) is 15.9 Å². The van der Waals surface area contributed by atoms with Crippen LogP contribution >= 0.6 is 15.9 Å². The second-order valence-corrected chi connectivity index (χ2v) is 5.29. The number of hydrogen-bond acceptors (Lipinski definition) is 3. The molecule has 0 unspecified atom stereocenters. The predicted octanol–water partition coefficient (Wildman–Crippen LogP) is 3.99. The Morgan fingerprint density at radius 3 is 2.60 bits per heavy atom. The number of pyridine rings is 1. The first-order valence-corrected chi connectivity index (χ1v) is 6.71. The highest BCUT2D eigenvalue weighted by molar-refractivity contribution is 9.10. The fourth-order valence-electron chi connectivity index (χ4n) is 1.87. The van der Waals surface area contributed by atoms with Crippen LogP contribution in [0.4, 0.5) is 8.78 Å². The second kappa shape index (κ2) is 5.85. The van der Waals surface area contributed by atoms with Crippen LogP contribution in [0.1, 0.15) is 16.8 Å². The Morgan fingerprint density at radius 1 is 1.25 bits per heavy atom. The average molecular weight is 343 g/mol. The molecule has 20 heavy (non-hydrogen) atoms. The van der Waals surface area contributed by atoms with Gasteiger partial charge in [0.15, 0.2) is 11.6 Å². The maximum absolute atomic E-state index is 13.7. The van der Waals surface area contributed by atoms with Crippen LogP contribution < -0.4 is 10.5 Å². The van der Waals surface area contributed by atoms with Gasteiger partial charge in [0.1, 0.15) is 0 Å². The molecule has 0 saturated heterocycles. The van der Waals surface area contributed by atoms with Crippen LogP contribution in [0.25, 0.3) is 0 Å². The van der Waals surface area contributed by atoms with Crippen LogP contribution in [-0.2, 0) is 6.54 Å². The van der Waals surface area contributed by atoms with E-state index in [1.807, 2.05) is 13.0 Å². The summed E-state index contributed by atoms with van der Waals surface area (Å²) < 4.78 is 32.9. The molecule has 1 aromatic heterocycles. The smallest absolute Gasteiger partial charge is 0.224 e. The Labute approximate surface area is 123 Å². The summed E-state index contributed by atoms with van der Waals surface area (Å²) in [6.07, 6.45) is 0. The lowest BCUT2D eigenvalue weighted by molar-refractivity contribution is 0.400. The van der Waals surface area contributed by atoms with Gasteiger partial charge in [-0.25, -0.2) is 9.37 Å². The van der Waals surface area contributed by atoms with Gasteiger partial charge in [0.05, 0.1) is 0 Å². The first kappa shape index (κ1) is 14.9. The van der Waals surface area contributed by atoms with Gasteiger partial charge in [0, 0.05) is 22.3 Å². The van der Waals surface area contributed by atoms with Crippen LogP contribution in [0.2, 0.25) is 0 Å². The number of nitrogens with zero attached hydrogens (tertiary/aromatic N) is 1. The molecule has 0 radical (unpaired) electrons. The van der Waals surface area contributed by atoms with Crippen molar-refractivity contribution in [2.75, 3.05) is 0 Å². The fourth-order valence-corrected chi connectivity index (χ4v) is 2.28. The Kier molecular flexibility index (Phi) is 4.35. The van der Waals surface area contributed by atoms with Crippen molar-refractivity contribution in [2.45, 2.75) is 20.4 Å². The number of aryl methyl sites for hydroxylation is 2. The number of ether oxygens (including phenoxy) is 1. The maximum atomic E-state index is 13.7. The van der Waals surface area contributed by atoms with Crippen molar-refractivity contribution in [2.24, 2.45) is 5.73 Å². The lowest BCUT2D eigenvalue weighted by Gasteiger charge is -2.13. The third-order valence-electron chi connectivity index (χ3n) is 2.81. The van der Waals surface area contributed by atoms with E-state index in [4.69, 9.17) is 10.5 Å². The van der Waals surface area contributed by atoms with Crippen molar-refractivity contribution >= 4 is 15.9 Å². The molecule has 1 aromatic carbocycles. The molecule has 6 heteroatoms. The second-order valence-electron chi connectivity index (χ2n) is 4.37. The highest BCUT2D eigenvalue weighted by Gasteiger charge is 2.16. The molecule has 0 aliphatic rings. The molecule has 2 N–H and O–H groups in total. The summed E-state index contributed by atoms with van der Waals surface area (Å²) in [5.41, 5.74) is 7.93. The fraction of sp³-hybridized carbons (Fsp3) is 0.214. The quantitative estimate of drug-likeness (QED) is 0.858. The van der Waals surface area contributed by atoms with Gasteiger partial charge >= 0.3 is 0 Å². The highest BCUT2D eigenvalue weighted by Crippen LogP contribution is 2.31. The van der Waals surface area contributed by atoms with E-state index in [2.05, 4.69) is 20.9 Å². The molecule has 106 valence electrons. The molecule has 2 aromatic rings. The van der Waals surface area contributed by atoms with Crippen molar-refractivity contribution in [1.29, 1.82) is 0 Å². The summed E-state index contributed by atoms with van der Waals surface area (Å²) in [6, 6.07) is 4.23. The van der Waals surface area contributed by atoms with Crippen LogP contribution in [0, 0.1) is 25.5 Å². The van der Waals surface area contributed by atoms with Gasteiger partial charge in [-0.15, -0.1) is 0 Å². The Morgan fingerprint density at radius 2 is 1.95 bits per heavy atom. The Balaban J connectivity index is 2.50. The summed E-state index contributed by atoms with van der Waals surface area (Å²) in [5.74, 6) is -2.09. The van der Waals surface area contributed by atoms with Crippen molar-refractivity contribution in [3.63, 3.8) is 0 Å². The minimum absolute atomic E-state index is 0.196. The van der Waals surface area contributed by atoms with E-state index in [1.54, 1.807) is 6.92 Å². The van der Waals surface area contributed by atoms with E-state index in [0.29, 0.717) is 15.7 Å². The van der Waals surface area contributed by atoms with Gasteiger partial charge in [0.25, 0.3) is 0 Å². The van der Waals surface area contributed by atoms with Crippen LogP contribution in [-0.4, -0.2) is 4.98 Å². The van der Waals surface area contributed by atoms with Gasteiger partial charge < -0.3 is 10.5 Å². The summed E-state index contributed by atoms with van der Waals surface area (Å²) in [6.45, 7) is 3.85. The number of rotatable bonds is 3. The standard InChI is InChI=1S/C14H13BrF2N2O/c1-7-3-8(2)19-14(10(7)6-18)20-12-5-9(15)4-11(16)13(12)17/h3-5H,6,18H2,1-2H3. The van der Waals surface area contributed by atoms with Crippen molar-refractivity contribution < 1.29 is 13.5 Å². The number of aromatic nitrogens is 1. The first-order valence-electron chi connectivity index (χ1n) is 5.92. The van der Waals surface area contributed by atoms with Crippen molar-refractivity contribution in [3.05, 3.63) is 51.1 Å². The largest absolute Gasteiger partial charge is 0.435 e. The number of nitrogens with two attached hydrogens (primary N) is 1. The van der Waals surface area contributed by atoms with Crippen LogP contribution in [0.5, 0.6) is 11.6 Å². The molecule has 0 amide bonds. The summed E-state index contributed by atoms with van der Waals surface area (Å²) in [5, 5.41) is 0.